The molecule has 12 atom stereocenters. The maximum Gasteiger partial charge on any atom is 0.232 e. The van der Waals surface area contributed by atoms with Gasteiger partial charge in [0.1, 0.15) is 29.3 Å². The minimum atomic E-state index is -1.42. The van der Waals surface area contributed by atoms with Gasteiger partial charge in [-0.2, -0.15) is 0 Å². The van der Waals surface area contributed by atoms with Gasteiger partial charge >= 0.3 is 0 Å². The van der Waals surface area contributed by atoms with E-state index in [1.807, 2.05) is 30.3 Å². The second-order valence-electron chi connectivity index (χ2n) is 14.1. The van der Waals surface area contributed by atoms with Crippen LogP contribution in [-0.4, -0.2) is 28.6 Å². The first-order valence-corrected chi connectivity index (χ1v) is 14.4. The van der Waals surface area contributed by atoms with Crippen molar-refractivity contribution in [3.8, 4) is 5.75 Å². The predicted molar refractivity (Wildman–Crippen MR) is 142 cm³/mol. The van der Waals surface area contributed by atoms with Crippen LogP contribution < -0.4 is 10.1 Å². The van der Waals surface area contributed by atoms with Crippen molar-refractivity contribution >= 4 is 11.7 Å². The van der Waals surface area contributed by atoms with Crippen molar-refractivity contribution in [1.82, 2.24) is 5.32 Å². The molecule has 4 bridgehead atoms. The van der Waals surface area contributed by atoms with E-state index in [4.69, 9.17) is 4.74 Å². The summed E-state index contributed by atoms with van der Waals surface area (Å²) in [6.45, 7) is 16.0. The molecular weight excluding hydrogens is 462 g/mol. The van der Waals surface area contributed by atoms with Gasteiger partial charge in [-0.05, 0) is 71.5 Å². The largest absolute Gasteiger partial charge is 0.490 e. The molecule has 1 amide bonds. The number of ether oxygens (including phenoxy) is 1. The molecule has 3 heterocycles. The van der Waals surface area contributed by atoms with E-state index in [-0.39, 0.29) is 47.9 Å². The molecule has 2 N–H and O–H groups in total. The first kappa shape index (κ1) is 25.2. The molecule has 0 spiro atoms. The summed E-state index contributed by atoms with van der Waals surface area (Å²) in [7, 11) is 0. The smallest absolute Gasteiger partial charge is 0.232 e. The number of hydrogen-bond donors (Lipinski definition) is 2. The molecule has 5 heteroatoms. The van der Waals surface area contributed by atoms with Crippen molar-refractivity contribution in [2.45, 2.75) is 78.6 Å². The first-order valence-electron chi connectivity index (χ1n) is 14.4. The topological polar surface area (TPSA) is 75.6 Å². The maximum absolute atomic E-state index is 14.6. The molecule has 6 aliphatic rings. The van der Waals surface area contributed by atoms with Crippen molar-refractivity contribution in [1.29, 1.82) is 0 Å². The van der Waals surface area contributed by atoms with Crippen LogP contribution in [0, 0.1) is 58.2 Å². The molecule has 0 radical (unpaired) electrons. The van der Waals surface area contributed by atoms with Gasteiger partial charge in [0.2, 0.25) is 5.91 Å². The summed E-state index contributed by atoms with van der Waals surface area (Å²) in [5.74, 6) is 1.39. The number of ketones is 1. The van der Waals surface area contributed by atoms with Crippen LogP contribution in [0.3, 0.4) is 0 Å². The number of nitrogens with one attached hydrogen (secondary N) is 1. The Balaban J connectivity index is 1.57. The maximum atomic E-state index is 14.6. The normalized spacial score (nSPS) is 50.6. The van der Waals surface area contributed by atoms with Gasteiger partial charge in [0.15, 0.2) is 0 Å². The van der Waals surface area contributed by atoms with Gasteiger partial charge < -0.3 is 15.2 Å². The van der Waals surface area contributed by atoms with Crippen LogP contribution in [0.25, 0.3) is 0 Å². The van der Waals surface area contributed by atoms with E-state index in [0.717, 1.165) is 24.2 Å². The number of aliphatic hydroxyl groups is 1. The summed E-state index contributed by atoms with van der Waals surface area (Å²) in [4.78, 5) is 27.9. The van der Waals surface area contributed by atoms with Crippen molar-refractivity contribution < 1.29 is 19.4 Å². The molecule has 1 unspecified atom stereocenters. The summed E-state index contributed by atoms with van der Waals surface area (Å²) in [5.41, 5.74) is -0.887. The molecular formula is C32H43NO4. The fourth-order valence-electron chi connectivity index (χ4n) is 10.6. The highest BCUT2D eigenvalue weighted by Gasteiger charge is 2.70. The van der Waals surface area contributed by atoms with Crippen molar-refractivity contribution in [3.05, 3.63) is 42.5 Å². The molecule has 1 aromatic rings. The van der Waals surface area contributed by atoms with Gasteiger partial charge in [0.05, 0.1) is 0 Å². The summed E-state index contributed by atoms with van der Waals surface area (Å²) in [6.07, 6.45) is 5.43. The average Bonchev–Trinajstić information content (AvgIpc) is 3.24. The number of allylic oxidation sites excluding steroid dienone is 1. The zero-order valence-corrected chi connectivity index (χ0v) is 23.0. The Labute approximate surface area is 221 Å². The highest BCUT2D eigenvalue weighted by atomic mass is 16.5. The van der Waals surface area contributed by atoms with Gasteiger partial charge in [-0.15, -0.1) is 6.58 Å². The number of carbonyl (C=O) groups excluding carboxylic acids is 2. The fourth-order valence-corrected chi connectivity index (χ4v) is 10.6. The first-order chi connectivity index (χ1) is 17.4. The number of fused-ring (bicyclic) bond motifs is 4. The third-order valence-electron chi connectivity index (χ3n) is 11.3. The van der Waals surface area contributed by atoms with E-state index in [9.17, 15) is 14.7 Å². The highest BCUT2D eigenvalue weighted by Crippen LogP contribution is 2.69. The van der Waals surface area contributed by atoms with Gasteiger partial charge in [0, 0.05) is 30.6 Å². The quantitative estimate of drug-likeness (QED) is 0.408. The Kier molecular flexibility index (Phi) is 5.56. The molecule has 5 nitrogen and oxygen atoms in total. The molecule has 3 aliphatic carbocycles. The Morgan fingerprint density at radius 1 is 1.03 bits per heavy atom. The van der Waals surface area contributed by atoms with Crippen molar-refractivity contribution in [2.75, 3.05) is 0 Å². The minimum Gasteiger partial charge on any atom is -0.490 e. The molecule has 4 fully saturated rings. The van der Waals surface area contributed by atoms with E-state index in [2.05, 4.69) is 46.5 Å². The average molecular weight is 506 g/mol. The number of hydrogen-bond acceptors (Lipinski definition) is 4. The fraction of sp³-hybridized carbons (Fsp3) is 0.688. The Hall–Kier alpha value is -2.14. The lowest BCUT2D eigenvalue weighted by molar-refractivity contribution is -0.144. The minimum absolute atomic E-state index is 0.0103. The molecule has 3 aliphatic heterocycles. The zero-order chi connectivity index (χ0) is 26.5. The van der Waals surface area contributed by atoms with Gasteiger partial charge in [-0.25, -0.2) is 0 Å². The Bertz CT molecular complexity index is 1130. The molecule has 7 rings (SSSR count). The van der Waals surface area contributed by atoms with Crippen LogP contribution in [0.1, 0.15) is 65.9 Å². The molecule has 1 saturated heterocycles. The van der Waals surface area contributed by atoms with Gasteiger partial charge in [-0.1, -0.05) is 52.8 Å². The summed E-state index contributed by atoms with van der Waals surface area (Å²) in [6, 6.07) is 7.97. The molecule has 37 heavy (non-hydrogen) atoms. The van der Waals surface area contributed by atoms with Crippen LogP contribution in [0.15, 0.2) is 36.9 Å². The zero-order valence-electron chi connectivity index (χ0n) is 23.0. The third kappa shape index (κ3) is 3.59. The second-order valence-corrected chi connectivity index (χ2v) is 14.1. The lowest BCUT2D eigenvalue weighted by atomic mass is 9.49. The summed E-state index contributed by atoms with van der Waals surface area (Å²) < 4.78 is 7.00. The number of Topliss-reactive ketones (excluding diaryl/α,β-unsaturated/α-hetero) is 1. The standard InChI is InChI=1S/C32H43NO4/c1-7-30(5)14-19(4)24-23-26(30)27(34)22-16-32(36,33-29(22)35)15-20-8-10-21(11-9-20)37-28(23)25-18(3)12-17(2)13-31(24,25)6/h7-11,17-19,22-26,28,36H,1,12-16H2,2-6H3,(H,33,35)/t17-,18+,19?,22+,23+,24-,25+,26+,28+,30+,31+,32-/m0/s1. The number of amides is 1. The van der Waals surface area contributed by atoms with E-state index >= 15 is 0 Å². The second kappa shape index (κ2) is 8.18. The Morgan fingerprint density at radius 3 is 2.41 bits per heavy atom. The van der Waals surface area contributed by atoms with Crippen LogP contribution in [0.5, 0.6) is 5.75 Å². The van der Waals surface area contributed by atoms with Crippen molar-refractivity contribution in [3.63, 3.8) is 0 Å². The lowest BCUT2D eigenvalue weighted by Crippen LogP contribution is -2.53. The monoisotopic (exact) mass is 505 g/mol. The van der Waals surface area contributed by atoms with E-state index in [1.54, 1.807) is 0 Å². The van der Waals surface area contributed by atoms with Crippen LogP contribution >= 0.6 is 0 Å². The number of benzene rings is 1. The van der Waals surface area contributed by atoms with E-state index in [0.29, 0.717) is 29.6 Å². The highest BCUT2D eigenvalue weighted by molar-refractivity contribution is 6.04. The predicted octanol–water partition coefficient (Wildman–Crippen LogP) is 5.17. The molecule has 3 saturated carbocycles. The third-order valence-corrected chi connectivity index (χ3v) is 11.3. The van der Waals surface area contributed by atoms with Crippen LogP contribution in [0.2, 0.25) is 0 Å². The number of carbonyl (C=O) groups is 2. The summed E-state index contributed by atoms with van der Waals surface area (Å²) in [5, 5.41) is 14.2. The van der Waals surface area contributed by atoms with Crippen LogP contribution in [0.4, 0.5) is 0 Å². The molecule has 0 aromatic heterocycles. The Morgan fingerprint density at radius 2 is 1.73 bits per heavy atom. The van der Waals surface area contributed by atoms with Crippen molar-refractivity contribution in [2.24, 2.45) is 58.2 Å². The van der Waals surface area contributed by atoms with E-state index < -0.39 is 17.1 Å². The van der Waals surface area contributed by atoms with Gasteiger partial charge in [0.25, 0.3) is 0 Å². The summed E-state index contributed by atoms with van der Waals surface area (Å²) >= 11 is 0. The number of rotatable bonds is 1. The SMILES string of the molecule is C=C[C@]1(C)CC(C)[C@H]2[C@H]3[C@@H](Oc4ccc(cc4)C[C@]4(O)C[C@@H](C(=O)N4)C(=O)[C@@H]31)[C@H]1[C@H](C)C[C@H](C)C[C@@]12C. The lowest BCUT2D eigenvalue weighted by Gasteiger charge is -2.54. The molecule has 200 valence electrons. The van der Waals surface area contributed by atoms with Gasteiger partial charge in [-0.3, -0.25) is 9.59 Å². The van der Waals surface area contributed by atoms with E-state index in [1.165, 1.54) is 6.42 Å². The molecule has 1 aromatic carbocycles. The van der Waals surface area contributed by atoms with Crippen LogP contribution in [-0.2, 0) is 16.0 Å².